The van der Waals surface area contributed by atoms with E-state index in [1.54, 1.807) is 12.1 Å². The highest BCUT2D eigenvalue weighted by molar-refractivity contribution is 7.92. The average Bonchev–Trinajstić information content (AvgIpc) is 2.36. The highest BCUT2D eigenvalue weighted by Gasteiger charge is 2.19. The summed E-state index contributed by atoms with van der Waals surface area (Å²) in [5.41, 5.74) is 2.56. The fourth-order valence-electron chi connectivity index (χ4n) is 1.77. The van der Waals surface area contributed by atoms with Crippen molar-refractivity contribution in [2.24, 2.45) is 0 Å². The third-order valence-corrected chi connectivity index (χ3v) is 5.98. The van der Waals surface area contributed by atoms with Gasteiger partial charge in [0.05, 0.1) is 11.9 Å². The van der Waals surface area contributed by atoms with Crippen molar-refractivity contribution in [2.75, 3.05) is 37.7 Å². The molecule has 0 aliphatic heterocycles. The van der Waals surface area contributed by atoms with Gasteiger partial charge in [-0.1, -0.05) is 6.07 Å². The number of sulfonamides is 1. The zero-order chi connectivity index (χ0) is 17.1. The van der Waals surface area contributed by atoms with E-state index >= 15 is 0 Å². The van der Waals surface area contributed by atoms with Gasteiger partial charge in [0.1, 0.15) is 0 Å². The average molecular weight is 349 g/mol. The lowest BCUT2D eigenvalue weighted by Crippen LogP contribution is -2.42. The van der Waals surface area contributed by atoms with Crippen molar-refractivity contribution in [2.45, 2.75) is 13.8 Å². The summed E-state index contributed by atoms with van der Waals surface area (Å²) in [7, 11) is -4.27. The summed E-state index contributed by atoms with van der Waals surface area (Å²) < 4.78 is 51.8. The number of nitrogens with one attached hydrogen (secondary N) is 1. The molecule has 0 aliphatic carbocycles. The van der Waals surface area contributed by atoms with E-state index in [9.17, 15) is 16.8 Å². The third-order valence-electron chi connectivity index (χ3n) is 3.26. The normalized spacial score (nSPS) is 12.6. The lowest BCUT2D eigenvalue weighted by Gasteiger charge is -2.23. The zero-order valence-electron chi connectivity index (χ0n) is 13.5. The van der Waals surface area contributed by atoms with Crippen molar-refractivity contribution < 1.29 is 16.8 Å². The smallest absolute Gasteiger partial charge is 0.269 e. The molecule has 126 valence electrons. The Morgan fingerprint density at radius 1 is 1.05 bits per heavy atom. The van der Waals surface area contributed by atoms with Crippen LogP contribution in [0.2, 0.25) is 0 Å². The number of hydrogen-bond acceptors (Lipinski definition) is 4. The van der Waals surface area contributed by atoms with Crippen LogP contribution < -0.4 is 9.03 Å². The van der Waals surface area contributed by atoms with E-state index in [0.717, 1.165) is 21.7 Å². The quantitative estimate of drug-likeness (QED) is 0.775. The Bertz CT molecular complexity index is 728. The van der Waals surface area contributed by atoms with Crippen LogP contribution in [-0.4, -0.2) is 54.6 Å². The Morgan fingerprint density at radius 3 is 2.09 bits per heavy atom. The molecule has 0 spiro atoms. The lowest BCUT2D eigenvalue weighted by molar-refractivity contribution is 0.506. The number of nitrogens with zero attached hydrogens (tertiary/aromatic N) is 2. The van der Waals surface area contributed by atoms with Crippen LogP contribution in [0.5, 0.6) is 0 Å². The summed E-state index contributed by atoms with van der Waals surface area (Å²) in [6.45, 7) is 3.85. The van der Waals surface area contributed by atoms with E-state index in [2.05, 4.69) is 4.72 Å². The number of hydrogen-bond donors (Lipinski definition) is 1. The van der Waals surface area contributed by atoms with Crippen LogP contribution in [0.4, 0.5) is 5.69 Å². The molecule has 1 aromatic carbocycles. The van der Waals surface area contributed by atoms with Crippen LogP contribution in [0.15, 0.2) is 18.2 Å². The van der Waals surface area contributed by atoms with Crippen LogP contribution in [0.3, 0.4) is 0 Å². The van der Waals surface area contributed by atoms with Crippen molar-refractivity contribution in [1.82, 2.24) is 9.03 Å². The van der Waals surface area contributed by atoms with E-state index in [-0.39, 0.29) is 13.1 Å². The predicted octanol–water partition coefficient (Wildman–Crippen LogP) is 0.465. The molecule has 0 aromatic heterocycles. The Kier molecular flexibility index (Phi) is 5.96. The monoisotopic (exact) mass is 349 g/mol. The van der Waals surface area contributed by atoms with Gasteiger partial charge >= 0.3 is 0 Å². The molecular formula is C13H23N3O4S2. The lowest BCUT2D eigenvalue weighted by atomic mass is 10.1. The van der Waals surface area contributed by atoms with Gasteiger partial charge in [0.15, 0.2) is 0 Å². The largest absolute Gasteiger partial charge is 0.278 e. The Balaban J connectivity index is 2.95. The maximum Gasteiger partial charge on any atom is 0.278 e. The standard InChI is InChI=1S/C13H23N3O4S2/c1-11-6-7-13(10-12(11)2)16(21(5,17)18)9-8-14-22(19,20)15(3)4/h6-7,10,14H,8-9H2,1-5H3. The van der Waals surface area contributed by atoms with E-state index < -0.39 is 20.2 Å². The minimum Gasteiger partial charge on any atom is -0.269 e. The molecule has 22 heavy (non-hydrogen) atoms. The Labute approximate surface area is 133 Å². The van der Waals surface area contributed by atoms with Crippen molar-refractivity contribution in [3.8, 4) is 0 Å². The molecule has 0 bridgehead atoms. The van der Waals surface area contributed by atoms with Gasteiger partial charge in [0, 0.05) is 27.2 Å². The van der Waals surface area contributed by atoms with Gasteiger partial charge in [-0.3, -0.25) is 4.31 Å². The number of rotatable bonds is 7. The molecule has 1 aromatic rings. The number of anilines is 1. The van der Waals surface area contributed by atoms with Crippen molar-refractivity contribution >= 4 is 25.9 Å². The van der Waals surface area contributed by atoms with E-state index in [1.165, 1.54) is 18.4 Å². The molecule has 0 heterocycles. The molecule has 0 radical (unpaired) electrons. The molecule has 0 aliphatic rings. The number of aryl methyl sites for hydroxylation is 2. The second kappa shape index (κ2) is 6.95. The summed E-state index contributed by atoms with van der Waals surface area (Å²) in [5, 5.41) is 0. The van der Waals surface area contributed by atoms with Crippen molar-refractivity contribution in [3.05, 3.63) is 29.3 Å². The molecule has 0 unspecified atom stereocenters. The fraction of sp³-hybridized carbons (Fsp3) is 0.538. The third kappa shape index (κ3) is 4.94. The molecule has 0 amide bonds. The first-order chi connectivity index (χ1) is 9.95. The Hall–Kier alpha value is -1.16. The second-order valence-electron chi connectivity index (χ2n) is 5.29. The van der Waals surface area contributed by atoms with Gasteiger partial charge in [0.25, 0.3) is 10.2 Å². The van der Waals surface area contributed by atoms with E-state index in [4.69, 9.17) is 0 Å². The van der Waals surface area contributed by atoms with Gasteiger partial charge in [-0.25, -0.2) is 13.1 Å². The van der Waals surface area contributed by atoms with Crippen molar-refractivity contribution in [1.29, 1.82) is 0 Å². The molecule has 9 heteroatoms. The first-order valence-electron chi connectivity index (χ1n) is 6.67. The molecule has 1 N–H and O–H groups in total. The molecule has 0 saturated heterocycles. The second-order valence-corrected chi connectivity index (χ2v) is 9.16. The molecule has 0 saturated carbocycles. The van der Waals surface area contributed by atoms with Crippen LogP contribution >= 0.6 is 0 Å². The van der Waals surface area contributed by atoms with E-state index in [1.807, 2.05) is 19.9 Å². The van der Waals surface area contributed by atoms with Gasteiger partial charge in [-0.15, -0.1) is 0 Å². The predicted molar refractivity (Wildman–Crippen MR) is 88.7 cm³/mol. The topological polar surface area (TPSA) is 86.8 Å². The van der Waals surface area contributed by atoms with Crippen LogP contribution in [0.1, 0.15) is 11.1 Å². The fourth-order valence-corrected chi connectivity index (χ4v) is 3.30. The minimum atomic E-state index is -3.57. The van der Waals surface area contributed by atoms with Gasteiger partial charge < -0.3 is 0 Å². The summed E-state index contributed by atoms with van der Waals surface area (Å²) in [5.74, 6) is 0. The van der Waals surface area contributed by atoms with Gasteiger partial charge in [-0.05, 0) is 37.1 Å². The molecular weight excluding hydrogens is 326 g/mol. The number of benzene rings is 1. The highest BCUT2D eigenvalue weighted by Crippen LogP contribution is 2.20. The SMILES string of the molecule is Cc1ccc(N(CCNS(=O)(=O)N(C)C)S(C)(=O)=O)cc1C. The van der Waals surface area contributed by atoms with Gasteiger partial charge in [-0.2, -0.15) is 12.7 Å². The summed E-state index contributed by atoms with van der Waals surface area (Å²) >= 11 is 0. The van der Waals surface area contributed by atoms with Gasteiger partial charge in [0.2, 0.25) is 10.0 Å². The van der Waals surface area contributed by atoms with Crippen molar-refractivity contribution in [3.63, 3.8) is 0 Å². The van der Waals surface area contributed by atoms with E-state index in [0.29, 0.717) is 5.69 Å². The summed E-state index contributed by atoms with van der Waals surface area (Å²) in [6.07, 6.45) is 1.10. The molecule has 7 nitrogen and oxygen atoms in total. The minimum absolute atomic E-state index is 0.0134. The maximum atomic E-state index is 12.0. The van der Waals surface area contributed by atoms with Crippen LogP contribution in [-0.2, 0) is 20.2 Å². The maximum absolute atomic E-state index is 12.0. The molecule has 0 atom stereocenters. The zero-order valence-corrected chi connectivity index (χ0v) is 15.1. The first kappa shape index (κ1) is 18.9. The Morgan fingerprint density at radius 2 is 1.64 bits per heavy atom. The summed E-state index contributed by atoms with van der Waals surface area (Å²) in [6, 6.07) is 5.33. The highest BCUT2D eigenvalue weighted by atomic mass is 32.2. The van der Waals surface area contributed by atoms with Crippen LogP contribution in [0.25, 0.3) is 0 Å². The summed E-state index contributed by atoms with van der Waals surface area (Å²) in [4.78, 5) is 0. The van der Waals surface area contributed by atoms with Crippen LogP contribution in [0, 0.1) is 13.8 Å². The molecule has 0 fully saturated rings. The first-order valence-corrected chi connectivity index (χ1v) is 9.96. The molecule has 1 rings (SSSR count).